The molecule has 0 unspecified atom stereocenters. The van der Waals surface area contributed by atoms with E-state index in [0.29, 0.717) is 28.5 Å². The van der Waals surface area contributed by atoms with Crippen molar-refractivity contribution in [2.45, 2.75) is 11.8 Å². The van der Waals surface area contributed by atoms with Gasteiger partial charge < -0.3 is 14.5 Å². The number of anilines is 2. The van der Waals surface area contributed by atoms with Crippen molar-refractivity contribution in [3.05, 3.63) is 97.3 Å². The number of para-hydroxylation sites is 1. The van der Waals surface area contributed by atoms with E-state index < -0.39 is 10.0 Å². The first kappa shape index (κ1) is 24.0. The third kappa shape index (κ3) is 5.00. The third-order valence-corrected chi connectivity index (χ3v) is 6.94. The number of methoxy groups -OCH3 is 1. The molecular formula is C27H23N5O4S. The minimum absolute atomic E-state index is 0.0578. The molecule has 0 amide bonds. The van der Waals surface area contributed by atoms with Crippen LogP contribution in [0, 0.1) is 6.92 Å². The van der Waals surface area contributed by atoms with Crippen LogP contribution in [-0.4, -0.2) is 30.5 Å². The highest BCUT2D eigenvalue weighted by Gasteiger charge is 2.23. The molecule has 0 saturated carbocycles. The van der Waals surface area contributed by atoms with Crippen molar-refractivity contribution in [1.29, 1.82) is 0 Å². The molecule has 0 saturated heterocycles. The van der Waals surface area contributed by atoms with E-state index in [1.807, 2.05) is 54.6 Å². The number of benzene rings is 2. The lowest BCUT2D eigenvalue weighted by molar-refractivity contribution is 0.385. The minimum atomic E-state index is -4.09. The zero-order valence-electron chi connectivity index (χ0n) is 20.1. The largest absolute Gasteiger partial charge is 0.480 e. The van der Waals surface area contributed by atoms with Crippen molar-refractivity contribution in [1.82, 2.24) is 15.0 Å². The zero-order valence-corrected chi connectivity index (χ0v) is 20.9. The van der Waals surface area contributed by atoms with Gasteiger partial charge in [-0.3, -0.25) is 9.71 Å². The molecule has 0 radical (unpaired) electrons. The molecule has 10 heteroatoms. The quantitative estimate of drug-likeness (QED) is 0.280. The molecule has 186 valence electrons. The van der Waals surface area contributed by atoms with E-state index in [1.165, 1.54) is 19.4 Å². The summed E-state index contributed by atoms with van der Waals surface area (Å²) in [5.41, 5.74) is 3.23. The summed E-state index contributed by atoms with van der Waals surface area (Å²) in [6.07, 6.45) is 3.04. The Bertz CT molecular complexity index is 1720. The van der Waals surface area contributed by atoms with Gasteiger partial charge in [0.1, 0.15) is 0 Å². The molecule has 3 heterocycles. The number of pyridine rings is 2. The number of hydrogen-bond acceptors (Lipinski definition) is 8. The lowest BCUT2D eigenvalue weighted by atomic mass is 10.2. The second-order valence-electron chi connectivity index (χ2n) is 8.15. The summed E-state index contributed by atoms with van der Waals surface area (Å²) in [5, 5.41) is 3.82. The summed E-state index contributed by atoms with van der Waals surface area (Å²) in [5.74, 6) is 0.783. The lowest BCUT2D eigenvalue weighted by Gasteiger charge is -2.14. The average molecular weight is 514 g/mol. The van der Waals surface area contributed by atoms with Crippen molar-refractivity contribution in [2.24, 2.45) is 0 Å². The molecule has 0 spiro atoms. The number of hydrogen-bond donors (Lipinski definition) is 2. The fraction of sp³-hybridized carbons (Fsp3) is 0.0741. The Morgan fingerprint density at radius 1 is 1.00 bits per heavy atom. The molecule has 9 nitrogen and oxygen atoms in total. The van der Waals surface area contributed by atoms with Crippen LogP contribution < -0.4 is 14.8 Å². The first-order chi connectivity index (χ1) is 17.8. The maximum Gasteiger partial charge on any atom is 0.267 e. The van der Waals surface area contributed by atoms with Crippen LogP contribution in [0.2, 0.25) is 0 Å². The Kier molecular flexibility index (Phi) is 6.33. The Balaban J connectivity index is 1.41. The fourth-order valence-corrected chi connectivity index (χ4v) is 4.99. The molecule has 0 aliphatic carbocycles. The van der Waals surface area contributed by atoms with Crippen LogP contribution in [0.15, 0.2) is 95.0 Å². The standard InChI is InChI=1S/C27H23N5O4S/c1-17-23(13-20-11-7-8-12-22(20)31-17)32-37(33,34)25-14-21(15-28-27(25)35-3)30-18(2)26-29-16-24(36-26)19-9-5-4-6-10-19/h4-16,30,32H,2H2,1,3H3. The van der Waals surface area contributed by atoms with Crippen LogP contribution in [0.1, 0.15) is 11.6 Å². The number of oxazole rings is 1. The van der Waals surface area contributed by atoms with E-state index in [-0.39, 0.29) is 16.7 Å². The molecule has 0 aliphatic heterocycles. The van der Waals surface area contributed by atoms with E-state index in [9.17, 15) is 8.42 Å². The number of rotatable bonds is 8. The highest BCUT2D eigenvalue weighted by Crippen LogP contribution is 2.30. The van der Waals surface area contributed by atoms with Crippen LogP contribution >= 0.6 is 0 Å². The molecule has 37 heavy (non-hydrogen) atoms. The average Bonchev–Trinajstić information content (AvgIpc) is 3.40. The molecule has 2 aromatic carbocycles. The van der Waals surface area contributed by atoms with Gasteiger partial charge in [-0.2, -0.15) is 0 Å². The van der Waals surface area contributed by atoms with Crippen LogP contribution in [0.4, 0.5) is 11.4 Å². The summed E-state index contributed by atoms with van der Waals surface area (Å²) >= 11 is 0. The molecule has 0 atom stereocenters. The van der Waals surface area contributed by atoms with Crippen LogP contribution in [0.25, 0.3) is 27.9 Å². The van der Waals surface area contributed by atoms with Crippen molar-refractivity contribution in [3.8, 4) is 17.2 Å². The van der Waals surface area contributed by atoms with Gasteiger partial charge in [-0.25, -0.2) is 18.4 Å². The van der Waals surface area contributed by atoms with Gasteiger partial charge in [0, 0.05) is 10.9 Å². The predicted molar refractivity (Wildman–Crippen MR) is 143 cm³/mol. The molecule has 5 aromatic rings. The number of aromatic nitrogens is 3. The van der Waals surface area contributed by atoms with E-state index in [2.05, 4.69) is 31.6 Å². The smallest absolute Gasteiger partial charge is 0.267 e. The Morgan fingerprint density at radius 3 is 2.54 bits per heavy atom. The second-order valence-corrected chi connectivity index (χ2v) is 9.80. The SMILES string of the molecule is C=C(Nc1cnc(OC)c(S(=O)(=O)Nc2cc3ccccc3nc2C)c1)c1ncc(-c2ccccc2)o1. The van der Waals surface area contributed by atoms with Crippen molar-refractivity contribution < 1.29 is 17.6 Å². The summed E-state index contributed by atoms with van der Waals surface area (Å²) in [6, 6.07) is 20.2. The van der Waals surface area contributed by atoms with E-state index in [0.717, 1.165) is 16.5 Å². The van der Waals surface area contributed by atoms with Gasteiger partial charge in [0.2, 0.25) is 11.8 Å². The number of ether oxygens (including phenoxy) is 1. The van der Waals surface area contributed by atoms with Gasteiger partial charge in [-0.15, -0.1) is 0 Å². The van der Waals surface area contributed by atoms with Crippen molar-refractivity contribution in [3.63, 3.8) is 0 Å². The third-order valence-electron chi connectivity index (χ3n) is 5.58. The number of sulfonamides is 1. The van der Waals surface area contributed by atoms with Gasteiger partial charge in [0.15, 0.2) is 10.7 Å². The molecule has 0 fully saturated rings. The maximum atomic E-state index is 13.4. The summed E-state index contributed by atoms with van der Waals surface area (Å²) in [6.45, 7) is 5.71. The predicted octanol–water partition coefficient (Wildman–Crippen LogP) is 5.49. The maximum absolute atomic E-state index is 13.4. The molecule has 0 aliphatic rings. The summed E-state index contributed by atoms with van der Waals surface area (Å²) < 4.78 is 40.5. The normalized spacial score (nSPS) is 11.3. The molecule has 5 rings (SSSR count). The number of nitrogens with one attached hydrogen (secondary N) is 2. The van der Waals surface area contributed by atoms with E-state index >= 15 is 0 Å². The number of nitrogens with zero attached hydrogens (tertiary/aromatic N) is 3. The van der Waals surface area contributed by atoms with Gasteiger partial charge in [0.05, 0.1) is 47.8 Å². The van der Waals surface area contributed by atoms with Crippen LogP contribution in [0.3, 0.4) is 0 Å². The summed E-state index contributed by atoms with van der Waals surface area (Å²) in [4.78, 5) is 12.8. The molecule has 2 N–H and O–H groups in total. The van der Waals surface area contributed by atoms with Crippen LogP contribution in [0.5, 0.6) is 5.88 Å². The van der Waals surface area contributed by atoms with Gasteiger partial charge in [-0.1, -0.05) is 55.1 Å². The second kappa shape index (κ2) is 9.75. The zero-order chi connectivity index (χ0) is 26.0. The van der Waals surface area contributed by atoms with E-state index in [1.54, 1.807) is 19.2 Å². The highest BCUT2D eigenvalue weighted by atomic mass is 32.2. The van der Waals surface area contributed by atoms with Crippen molar-refractivity contribution >= 4 is 38.0 Å². The van der Waals surface area contributed by atoms with Gasteiger partial charge in [0.25, 0.3) is 10.0 Å². The lowest BCUT2D eigenvalue weighted by Crippen LogP contribution is -2.16. The molecule has 0 bridgehead atoms. The van der Waals surface area contributed by atoms with E-state index in [4.69, 9.17) is 9.15 Å². The fourth-order valence-electron chi connectivity index (χ4n) is 3.74. The minimum Gasteiger partial charge on any atom is -0.480 e. The van der Waals surface area contributed by atoms with Gasteiger partial charge >= 0.3 is 0 Å². The van der Waals surface area contributed by atoms with Crippen molar-refractivity contribution in [2.75, 3.05) is 17.1 Å². The first-order valence-corrected chi connectivity index (χ1v) is 12.7. The monoisotopic (exact) mass is 513 g/mol. The summed E-state index contributed by atoms with van der Waals surface area (Å²) in [7, 11) is -2.73. The Hall–Kier alpha value is -4.70. The Morgan fingerprint density at radius 2 is 1.76 bits per heavy atom. The number of aryl methyl sites for hydroxylation is 1. The molecular weight excluding hydrogens is 490 g/mol. The number of fused-ring (bicyclic) bond motifs is 1. The van der Waals surface area contributed by atoms with Crippen LogP contribution in [-0.2, 0) is 10.0 Å². The topological polar surface area (TPSA) is 119 Å². The Labute approximate surface area is 213 Å². The molecule has 3 aromatic heterocycles. The van der Waals surface area contributed by atoms with Gasteiger partial charge in [-0.05, 0) is 25.1 Å². The first-order valence-electron chi connectivity index (χ1n) is 11.2. The highest BCUT2D eigenvalue weighted by molar-refractivity contribution is 7.92.